The normalized spacial score (nSPS) is 21.6. The van der Waals surface area contributed by atoms with E-state index in [-0.39, 0.29) is 29.9 Å². The Morgan fingerprint density at radius 2 is 1.75 bits per heavy atom. The molecule has 2 fully saturated rings. The maximum atomic E-state index is 14.0. The van der Waals surface area contributed by atoms with Crippen molar-refractivity contribution in [3.63, 3.8) is 0 Å². The van der Waals surface area contributed by atoms with Crippen LogP contribution in [0.2, 0.25) is 0 Å². The molecule has 0 aliphatic carbocycles. The number of aryl methyl sites for hydroxylation is 1. The molecule has 2 atom stereocenters. The van der Waals surface area contributed by atoms with E-state index >= 15 is 0 Å². The smallest absolute Gasteiger partial charge is 0.318 e. The molecule has 0 spiro atoms. The van der Waals surface area contributed by atoms with Crippen molar-refractivity contribution in [1.82, 2.24) is 20.4 Å². The van der Waals surface area contributed by atoms with Gasteiger partial charge >= 0.3 is 6.03 Å². The molecule has 2 aromatic carbocycles. The fraction of sp³-hybridized carbons (Fsp3) is 0.531. The van der Waals surface area contributed by atoms with Crippen molar-refractivity contribution in [2.45, 2.75) is 75.9 Å². The van der Waals surface area contributed by atoms with Crippen molar-refractivity contribution in [2.75, 3.05) is 38.1 Å². The van der Waals surface area contributed by atoms with Gasteiger partial charge in [0.15, 0.2) is 0 Å². The van der Waals surface area contributed by atoms with Gasteiger partial charge in [0.05, 0.1) is 5.41 Å². The summed E-state index contributed by atoms with van der Waals surface area (Å²) in [7, 11) is 1.74. The summed E-state index contributed by atoms with van der Waals surface area (Å²) in [4.78, 5) is 46.1. The predicted molar refractivity (Wildman–Crippen MR) is 157 cm³/mol. The van der Waals surface area contributed by atoms with Gasteiger partial charge in [-0.1, -0.05) is 48.5 Å². The average molecular weight is 546 g/mol. The number of likely N-dealkylation sites (N-methyl/N-ethyl adjacent to an activating group) is 1. The molecule has 0 radical (unpaired) electrons. The van der Waals surface area contributed by atoms with Crippen molar-refractivity contribution in [3.05, 3.63) is 65.7 Å². The molecule has 0 saturated carbocycles. The predicted octanol–water partition coefficient (Wildman–Crippen LogP) is 3.70. The molecule has 8 nitrogen and oxygen atoms in total. The Hall–Kier alpha value is -3.39. The standard InChI is InChI=1S/C32H43N5O3/c1-32(2)26-13-7-8-14-27(26)37(30(32)39)25-17-20-36(21-18-25)29(38)28(16-15-23-10-5-4-6-11-23)35(3)31(40)34-24-12-9-19-33-22-24/h4-8,10-11,13-14,24-25,28,33H,9,12,15-22H2,1-3H3,(H,34,40)/t24?,28-/m0/s1. The number of anilines is 1. The molecule has 0 bridgehead atoms. The Balaban J connectivity index is 1.26. The fourth-order valence-electron chi connectivity index (χ4n) is 6.48. The lowest BCUT2D eigenvalue weighted by molar-refractivity contribution is -0.137. The fourth-order valence-corrected chi connectivity index (χ4v) is 6.48. The molecule has 214 valence electrons. The molecule has 3 aliphatic rings. The second-order valence-electron chi connectivity index (χ2n) is 12.0. The molecular formula is C32H43N5O3. The Kier molecular flexibility index (Phi) is 8.45. The molecule has 0 aromatic heterocycles. The minimum absolute atomic E-state index is 0.0118. The summed E-state index contributed by atoms with van der Waals surface area (Å²) < 4.78 is 0. The number of urea groups is 1. The highest BCUT2D eigenvalue weighted by Gasteiger charge is 2.47. The highest BCUT2D eigenvalue weighted by molar-refractivity contribution is 6.08. The highest BCUT2D eigenvalue weighted by Crippen LogP contribution is 2.43. The highest BCUT2D eigenvalue weighted by atomic mass is 16.2. The van der Waals surface area contributed by atoms with Crippen molar-refractivity contribution < 1.29 is 14.4 Å². The van der Waals surface area contributed by atoms with Crippen LogP contribution in [0.4, 0.5) is 10.5 Å². The van der Waals surface area contributed by atoms with Gasteiger partial charge in [0.2, 0.25) is 11.8 Å². The third kappa shape index (κ3) is 5.73. The van der Waals surface area contributed by atoms with Gasteiger partial charge in [0, 0.05) is 44.5 Å². The van der Waals surface area contributed by atoms with Crippen LogP contribution >= 0.6 is 0 Å². The molecular weight excluding hydrogens is 502 g/mol. The van der Waals surface area contributed by atoms with Gasteiger partial charge < -0.3 is 25.3 Å². The van der Waals surface area contributed by atoms with Gasteiger partial charge in [0.1, 0.15) is 6.04 Å². The van der Waals surface area contributed by atoms with Gasteiger partial charge in [0.25, 0.3) is 0 Å². The first kappa shape index (κ1) is 28.1. The first-order chi connectivity index (χ1) is 19.3. The zero-order chi connectivity index (χ0) is 28.3. The molecule has 2 N–H and O–H groups in total. The first-order valence-corrected chi connectivity index (χ1v) is 14.8. The number of carbonyl (C=O) groups is 3. The van der Waals surface area contributed by atoms with E-state index in [0.717, 1.165) is 55.6 Å². The summed E-state index contributed by atoms with van der Waals surface area (Å²) in [6.45, 7) is 6.86. The second-order valence-corrected chi connectivity index (χ2v) is 12.0. The van der Waals surface area contributed by atoms with Gasteiger partial charge in [-0.2, -0.15) is 0 Å². The number of carbonyl (C=O) groups excluding carboxylic acids is 3. The first-order valence-electron chi connectivity index (χ1n) is 14.8. The summed E-state index contributed by atoms with van der Waals surface area (Å²) in [5.41, 5.74) is 2.67. The number of fused-ring (bicyclic) bond motifs is 1. The summed E-state index contributed by atoms with van der Waals surface area (Å²) >= 11 is 0. The van der Waals surface area contributed by atoms with Gasteiger partial charge in [-0.25, -0.2) is 4.79 Å². The minimum Gasteiger partial charge on any atom is -0.341 e. The lowest BCUT2D eigenvalue weighted by Crippen LogP contribution is -2.57. The van der Waals surface area contributed by atoms with E-state index in [1.54, 1.807) is 11.9 Å². The Bertz CT molecular complexity index is 1200. The number of rotatable bonds is 7. The molecule has 2 aromatic rings. The topological polar surface area (TPSA) is 85.0 Å². The Labute approximate surface area is 238 Å². The van der Waals surface area contributed by atoms with Crippen LogP contribution in [0.25, 0.3) is 0 Å². The van der Waals surface area contributed by atoms with Gasteiger partial charge in [-0.05, 0) is 76.1 Å². The number of nitrogens with one attached hydrogen (secondary N) is 2. The molecule has 5 rings (SSSR count). The minimum atomic E-state index is -0.554. The number of hydrogen-bond acceptors (Lipinski definition) is 4. The largest absolute Gasteiger partial charge is 0.341 e. The Morgan fingerprint density at radius 1 is 1.05 bits per heavy atom. The molecule has 3 aliphatic heterocycles. The van der Waals surface area contributed by atoms with Crippen LogP contribution in [0.3, 0.4) is 0 Å². The quantitative estimate of drug-likeness (QED) is 0.556. The maximum Gasteiger partial charge on any atom is 0.318 e. The molecule has 2 saturated heterocycles. The van der Waals surface area contributed by atoms with E-state index in [0.29, 0.717) is 25.9 Å². The number of piperidine rings is 2. The van der Waals surface area contributed by atoms with Crippen molar-refractivity contribution in [2.24, 2.45) is 0 Å². The lowest BCUT2D eigenvalue weighted by atomic mass is 9.86. The summed E-state index contributed by atoms with van der Waals surface area (Å²) in [5, 5.41) is 6.47. The van der Waals surface area contributed by atoms with E-state index < -0.39 is 11.5 Å². The van der Waals surface area contributed by atoms with Crippen LogP contribution in [0.15, 0.2) is 54.6 Å². The monoisotopic (exact) mass is 545 g/mol. The number of amides is 4. The molecule has 3 heterocycles. The zero-order valence-electron chi connectivity index (χ0n) is 24.1. The molecule has 40 heavy (non-hydrogen) atoms. The second kappa shape index (κ2) is 12.0. The van der Waals surface area contributed by atoms with Crippen LogP contribution in [0.1, 0.15) is 57.1 Å². The maximum absolute atomic E-state index is 14.0. The van der Waals surface area contributed by atoms with E-state index in [1.165, 1.54) is 0 Å². The summed E-state index contributed by atoms with van der Waals surface area (Å²) in [6, 6.07) is 17.6. The zero-order valence-corrected chi connectivity index (χ0v) is 24.1. The SMILES string of the molecule is CN(C(=O)NC1CCCNC1)[C@@H](CCc1ccccc1)C(=O)N1CCC(N2C(=O)C(C)(C)c3ccccc32)CC1. The molecule has 4 amide bonds. The van der Waals surface area contributed by atoms with Gasteiger partial charge in [-0.3, -0.25) is 9.59 Å². The van der Waals surface area contributed by atoms with E-state index in [4.69, 9.17) is 0 Å². The van der Waals surface area contributed by atoms with Crippen LogP contribution in [0, 0.1) is 0 Å². The third-order valence-electron chi connectivity index (χ3n) is 8.98. The molecule has 1 unspecified atom stereocenters. The summed E-state index contributed by atoms with van der Waals surface area (Å²) in [6.07, 6.45) is 4.68. The molecule has 8 heteroatoms. The van der Waals surface area contributed by atoms with Crippen molar-refractivity contribution >= 4 is 23.5 Å². The van der Waals surface area contributed by atoms with E-state index in [1.807, 2.05) is 66.1 Å². The number of likely N-dealkylation sites (tertiary alicyclic amines) is 1. The van der Waals surface area contributed by atoms with E-state index in [9.17, 15) is 14.4 Å². The van der Waals surface area contributed by atoms with Crippen LogP contribution in [0.5, 0.6) is 0 Å². The van der Waals surface area contributed by atoms with Gasteiger partial charge in [-0.15, -0.1) is 0 Å². The summed E-state index contributed by atoms with van der Waals surface area (Å²) in [5.74, 6) is 0.120. The third-order valence-corrected chi connectivity index (χ3v) is 8.98. The van der Waals surface area contributed by atoms with Crippen LogP contribution in [-0.2, 0) is 21.4 Å². The number of para-hydroxylation sites is 1. The number of nitrogens with zero attached hydrogens (tertiary/aromatic N) is 3. The van der Waals surface area contributed by atoms with E-state index in [2.05, 4.69) is 22.8 Å². The van der Waals surface area contributed by atoms with Crippen molar-refractivity contribution in [1.29, 1.82) is 0 Å². The van der Waals surface area contributed by atoms with Crippen LogP contribution < -0.4 is 15.5 Å². The number of benzene rings is 2. The lowest BCUT2D eigenvalue weighted by Gasteiger charge is -2.40. The van der Waals surface area contributed by atoms with Crippen molar-refractivity contribution in [3.8, 4) is 0 Å². The van der Waals surface area contributed by atoms with Crippen LogP contribution in [-0.4, -0.2) is 79.0 Å². The average Bonchev–Trinajstić information content (AvgIpc) is 3.18. The number of hydrogen-bond donors (Lipinski definition) is 2. The Morgan fingerprint density at radius 3 is 2.45 bits per heavy atom.